The third-order valence-electron chi connectivity index (χ3n) is 2.67. The van der Waals surface area contributed by atoms with E-state index in [1.165, 1.54) is 0 Å². The molecule has 0 saturated heterocycles. The van der Waals surface area contributed by atoms with Crippen LogP contribution >= 0.6 is 0 Å². The maximum Gasteiger partial charge on any atom is 0.249 e. The molecule has 1 atom stereocenters. The van der Waals surface area contributed by atoms with Crippen LogP contribution in [0.15, 0.2) is 53.4 Å². The minimum Gasteiger partial charge on any atom is -0.366 e. The molecule has 2 N–H and O–H groups in total. The minimum atomic E-state index is -1.05. The van der Waals surface area contributed by atoms with Gasteiger partial charge in [0.15, 0.2) is 0 Å². The SMILES string of the molecule is CS(=O)c1cccc(-c2ccccc2C(N)=O)c1. The number of carbonyl (C=O) groups is 1. The van der Waals surface area contributed by atoms with Crippen molar-refractivity contribution >= 4 is 16.7 Å². The fourth-order valence-electron chi connectivity index (χ4n) is 1.79. The number of nitrogens with two attached hydrogens (primary N) is 1. The number of primary amides is 1. The molecule has 2 rings (SSSR count). The van der Waals surface area contributed by atoms with Gasteiger partial charge in [-0.15, -0.1) is 0 Å². The van der Waals surface area contributed by atoms with Crippen molar-refractivity contribution in [3.8, 4) is 11.1 Å². The van der Waals surface area contributed by atoms with Crippen LogP contribution in [0.2, 0.25) is 0 Å². The molecule has 0 fully saturated rings. The third kappa shape index (κ3) is 2.49. The number of hydrogen-bond acceptors (Lipinski definition) is 2. The van der Waals surface area contributed by atoms with Crippen LogP contribution in [0.5, 0.6) is 0 Å². The standard InChI is InChI=1S/C14H13NO2S/c1-18(17)11-6-4-5-10(9-11)12-7-2-3-8-13(12)14(15)16/h2-9H,1H3,(H2,15,16). The molecule has 2 aromatic rings. The van der Waals surface area contributed by atoms with E-state index >= 15 is 0 Å². The first-order valence-electron chi connectivity index (χ1n) is 5.42. The van der Waals surface area contributed by atoms with E-state index in [4.69, 9.17) is 5.73 Å². The van der Waals surface area contributed by atoms with E-state index in [9.17, 15) is 9.00 Å². The molecule has 0 aliphatic rings. The highest BCUT2D eigenvalue weighted by molar-refractivity contribution is 7.84. The van der Waals surface area contributed by atoms with Crippen LogP contribution < -0.4 is 5.73 Å². The Balaban J connectivity index is 2.58. The molecule has 0 heterocycles. The van der Waals surface area contributed by atoms with Gasteiger partial charge in [-0.1, -0.05) is 30.3 Å². The molecule has 0 radical (unpaired) electrons. The van der Waals surface area contributed by atoms with E-state index in [1.807, 2.05) is 30.3 Å². The van der Waals surface area contributed by atoms with Crippen molar-refractivity contribution in [2.45, 2.75) is 4.90 Å². The van der Waals surface area contributed by atoms with Crippen molar-refractivity contribution < 1.29 is 9.00 Å². The Kier molecular flexibility index (Phi) is 3.58. The van der Waals surface area contributed by atoms with Crippen molar-refractivity contribution in [1.29, 1.82) is 0 Å². The second kappa shape index (κ2) is 5.14. The molecule has 2 aromatic carbocycles. The van der Waals surface area contributed by atoms with Gasteiger partial charge in [-0.3, -0.25) is 9.00 Å². The van der Waals surface area contributed by atoms with Gasteiger partial charge in [-0.25, -0.2) is 0 Å². The van der Waals surface area contributed by atoms with E-state index in [0.29, 0.717) is 5.56 Å². The lowest BCUT2D eigenvalue weighted by Crippen LogP contribution is -2.12. The summed E-state index contributed by atoms with van der Waals surface area (Å²) in [5.41, 5.74) is 7.43. The number of benzene rings is 2. The molecule has 3 nitrogen and oxygen atoms in total. The molecule has 92 valence electrons. The topological polar surface area (TPSA) is 60.2 Å². The summed E-state index contributed by atoms with van der Waals surface area (Å²) >= 11 is 0. The van der Waals surface area contributed by atoms with Gasteiger partial charge in [-0.05, 0) is 29.3 Å². The van der Waals surface area contributed by atoms with Crippen molar-refractivity contribution in [3.63, 3.8) is 0 Å². The highest BCUT2D eigenvalue weighted by atomic mass is 32.2. The average Bonchev–Trinajstić information content (AvgIpc) is 2.39. The molecule has 0 aliphatic heterocycles. The predicted molar refractivity (Wildman–Crippen MR) is 72.7 cm³/mol. The second-order valence-electron chi connectivity index (χ2n) is 3.89. The molecule has 0 spiro atoms. The zero-order valence-corrected chi connectivity index (χ0v) is 10.7. The maximum absolute atomic E-state index is 11.5. The summed E-state index contributed by atoms with van der Waals surface area (Å²) in [4.78, 5) is 12.1. The van der Waals surface area contributed by atoms with Crippen LogP contribution in [0, 0.1) is 0 Å². The Labute approximate surface area is 108 Å². The van der Waals surface area contributed by atoms with Crippen LogP contribution in [-0.2, 0) is 10.8 Å². The van der Waals surface area contributed by atoms with Crippen molar-refractivity contribution in [2.75, 3.05) is 6.26 Å². The van der Waals surface area contributed by atoms with E-state index in [-0.39, 0.29) is 0 Å². The monoisotopic (exact) mass is 259 g/mol. The van der Waals surface area contributed by atoms with Crippen LogP contribution in [-0.4, -0.2) is 16.4 Å². The first-order chi connectivity index (χ1) is 8.59. The number of carbonyl (C=O) groups excluding carboxylic acids is 1. The van der Waals surface area contributed by atoms with Gasteiger partial charge in [0.1, 0.15) is 0 Å². The molecular formula is C14H13NO2S. The molecule has 0 saturated carbocycles. The summed E-state index contributed by atoms with van der Waals surface area (Å²) in [5.74, 6) is -0.464. The van der Waals surface area contributed by atoms with Crippen LogP contribution in [0.1, 0.15) is 10.4 Å². The van der Waals surface area contributed by atoms with Gasteiger partial charge in [0.2, 0.25) is 5.91 Å². The highest BCUT2D eigenvalue weighted by Crippen LogP contribution is 2.25. The fraction of sp³-hybridized carbons (Fsp3) is 0.0714. The molecule has 1 unspecified atom stereocenters. The lowest BCUT2D eigenvalue weighted by atomic mass is 9.99. The summed E-state index contributed by atoms with van der Waals surface area (Å²) < 4.78 is 11.5. The summed E-state index contributed by atoms with van der Waals surface area (Å²) in [6.07, 6.45) is 1.62. The summed E-state index contributed by atoms with van der Waals surface area (Å²) in [6, 6.07) is 14.4. The Morgan fingerprint density at radius 1 is 1.11 bits per heavy atom. The van der Waals surface area contributed by atoms with Gasteiger partial charge in [0, 0.05) is 27.5 Å². The summed E-state index contributed by atoms with van der Waals surface area (Å²) in [5, 5.41) is 0. The van der Waals surface area contributed by atoms with Gasteiger partial charge in [-0.2, -0.15) is 0 Å². The summed E-state index contributed by atoms with van der Waals surface area (Å²) in [7, 11) is -1.05. The average molecular weight is 259 g/mol. The normalized spacial score (nSPS) is 12.1. The molecule has 0 aromatic heterocycles. The quantitative estimate of drug-likeness (QED) is 0.918. The van der Waals surface area contributed by atoms with Crippen LogP contribution in [0.3, 0.4) is 0 Å². The van der Waals surface area contributed by atoms with E-state index in [1.54, 1.807) is 24.5 Å². The Morgan fingerprint density at radius 3 is 2.50 bits per heavy atom. The van der Waals surface area contributed by atoms with Gasteiger partial charge in [0.25, 0.3) is 0 Å². The predicted octanol–water partition coefficient (Wildman–Crippen LogP) is 2.19. The first-order valence-corrected chi connectivity index (χ1v) is 6.98. The number of hydrogen-bond donors (Lipinski definition) is 1. The Morgan fingerprint density at radius 2 is 1.83 bits per heavy atom. The zero-order valence-electron chi connectivity index (χ0n) is 9.92. The van der Waals surface area contributed by atoms with E-state index < -0.39 is 16.7 Å². The smallest absolute Gasteiger partial charge is 0.249 e. The molecule has 1 amide bonds. The van der Waals surface area contributed by atoms with Gasteiger partial charge in [0.05, 0.1) is 0 Å². The minimum absolute atomic E-state index is 0.464. The van der Waals surface area contributed by atoms with Crippen LogP contribution in [0.4, 0.5) is 0 Å². The van der Waals surface area contributed by atoms with Gasteiger partial charge < -0.3 is 5.73 Å². The van der Waals surface area contributed by atoms with Crippen molar-refractivity contribution in [3.05, 3.63) is 54.1 Å². The third-order valence-corrected chi connectivity index (χ3v) is 3.59. The Bertz CT molecular complexity index is 623. The van der Waals surface area contributed by atoms with E-state index in [2.05, 4.69) is 0 Å². The number of amides is 1. The largest absolute Gasteiger partial charge is 0.366 e. The van der Waals surface area contributed by atoms with Crippen LogP contribution in [0.25, 0.3) is 11.1 Å². The van der Waals surface area contributed by atoms with E-state index in [0.717, 1.165) is 16.0 Å². The van der Waals surface area contributed by atoms with Crippen molar-refractivity contribution in [2.24, 2.45) is 5.73 Å². The first kappa shape index (κ1) is 12.5. The molecular weight excluding hydrogens is 246 g/mol. The summed E-state index contributed by atoms with van der Waals surface area (Å²) in [6.45, 7) is 0. The maximum atomic E-state index is 11.5. The molecule has 0 aliphatic carbocycles. The number of rotatable bonds is 3. The highest BCUT2D eigenvalue weighted by Gasteiger charge is 2.09. The lowest BCUT2D eigenvalue weighted by Gasteiger charge is -2.07. The molecule has 0 bridgehead atoms. The second-order valence-corrected chi connectivity index (χ2v) is 5.27. The lowest BCUT2D eigenvalue weighted by molar-refractivity contribution is 0.100. The fourth-order valence-corrected chi connectivity index (χ4v) is 2.36. The zero-order chi connectivity index (χ0) is 13.1. The van der Waals surface area contributed by atoms with Crippen molar-refractivity contribution in [1.82, 2.24) is 0 Å². The Hall–Kier alpha value is -1.94. The molecule has 4 heteroatoms. The van der Waals surface area contributed by atoms with Gasteiger partial charge >= 0.3 is 0 Å². The molecule has 18 heavy (non-hydrogen) atoms.